The van der Waals surface area contributed by atoms with Crippen molar-refractivity contribution < 1.29 is 4.79 Å². The van der Waals surface area contributed by atoms with E-state index < -0.39 is 0 Å². The Morgan fingerprint density at radius 2 is 1.85 bits per heavy atom. The Hall–Kier alpha value is -1.39. The van der Waals surface area contributed by atoms with E-state index in [0.717, 1.165) is 51.0 Å². The third-order valence-corrected chi connectivity index (χ3v) is 4.36. The summed E-state index contributed by atoms with van der Waals surface area (Å²) in [7, 11) is 0. The lowest BCUT2D eigenvalue weighted by molar-refractivity contribution is -0.131. The van der Waals surface area contributed by atoms with E-state index in [1.165, 1.54) is 5.56 Å². The van der Waals surface area contributed by atoms with E-state index in [1.54, 1.807) is 0 Å². The van der Waals surface area contributed by atoms with E-state index in [9.17, 15) is 4.79 Å². The molecule has 20 heavy (non-hydrogen) atoms. The van der Waals surface area contributed by atoms with E-state index in [2.05, 4.69) is 17.4 Å². The van der Waals surface area contributed by atoms with Gasteiger partial charge in [0.2, 0.25) is 5.91 Å². The molecule has 1 aromatic rings. The van der Waals surface area contributed by atoms with Crippen LogP contribution in [0, 0.1) is 0 Å². The maximum Gasteiger partial charge on any atom is 0.227 e. The second-order valence-electron chi connectivity index (χ2n) is 6.12. The Morgan fingerprint density at radius 3 is 2.50 bits per heavy atom. The molecule has 1 heterocycles. The first kappa shape index (κ1) is 13.6. The van der Waals surface area contributed by atoms with Crippen LogP contribution < -0.4 is 11.1 Å². The fourth-order valence-corrected chi connectivity index (χ4v) is 2.81. The highest BCUT2D eigenvalue weighted by Crippen LogP contribution is 2.36. The minimum absolute atomic E-state index is 0.00576. The molecule has 1 aromatic carbocycles. The van der Waals surface area contributed by atoms with Crippen molar-refractivity contribution in [2.24, 2.45) is 5.73 Å². The van der Waals surface area contributed by atoms with Gasteiger partial charge in [0.15, 0.2) is 0 Å². The van der Waals surface area contributed by atoms with Crippen LogP contribution in [0.2, 0.25) is 0 Å². The monoisotopic (exact) mass is 273 g/mol. The maximum absolute atomic E-state index is 12.4. The van der Waals surface area contributed by atoms with Gasteiger partial charge < -0.3 is 16.0 Å². The van der Waals surface area contributed by atoms with Gasteiger partial charge >= 0.3 is 0 Å². The van der Waals surface area contributed by atoms with Gasteiger partial charge in [0.25, 0.3) is 0 Å². The smallest absolute Gasteiger partial charge is 0.227 e. The SMILES string of the molecule is NC1(Cc2ccccc2CC(=O)N2CCNCC2)CC1. The molecule has 4 nitrogen and oxygen atoms in total. The van der Waals surface area contributed by atoms with Crippen molar-refractivity contribution in [3.05, 3.63) is 35.4 Å². The maximum atomic E-state index is 12.4. The van der Waals surface area contributed by atoms with Gasteiger partial charge in [0, 0.05) is 31.7 Å². The standard InChI is InChI=1S/C16H23N3O/c17-16(5-6-16)12-14-4-2-1-3-13(14)11-15(20)19-9-7-18-8-10-19/h1-4,18H,5-12,17H2. The highest BCUT2D eigenvalue weighted by atomic mass is 16.2. The normalized spacial score (nSPS) is 20.8. The Balaban J connectivity index is 1.68. The number of benzene rings is 1. The average Bonchev–Trinajstić information content (AvgIpc) is 3.19. The third-order valence-electron chi connectivity index (χ3n) is 4.36. The zero-order valence-corrected chi connectivity index (χ0v) is 11.9. The van der Waals surface area contributed by atoms with Crippen molar-refractivity contribution in [1.82, 2.24) is 10.2 Å². The lowest BCUT2D eigenvalue weighted by Gasteiger charge is -2.28. The van der Waals surface area contributed by atoms with Crippen molar-refractivity contribution in [2.45, 2.75) is 31.2 Å². The predicted molar refractivity (Wildman–Crippen MR) is 79.5 cm³/mol. The number of nitrogens with zero attached hydrogens (tertiary/aromatic N) is 1. The van der Waals surface area contributed by atoms with Crippen LogP contribution in [0.1, 0.15) is 24.0 Å². The van der Waals surface area contributed by atoms with Gasteiger partial charge in [-0.2, -0.15) is 0 Å². The second-order valence-corrected chi connectivity index (χ2v) is 6.12. The summed E-state index contributed by atoms with van der Waals surface area (Å²) in [6, 6.07) is 8.24. The summed E-state index contributed by atoms with van der Waals surface area (Å²) in [5, 5.41) is 3.27. The molecule has 2 aliphatic rings. The molecule has 2 fully saturated rings. The lowest BCUT2D eigenvalue weighted by atomic mass is 9.97. The van der Waals surface area contributed by atoms with Crippen molar-refractivity contribution in [1.29, 1.82) is 0 Å². The number of amides is 1. The summed E-state index contributed by atoms with van der Waals surface area (Å²) in [4.78, 5) is 14.3. The van der Waals surface area contributed by atoms with E-state index in [1.807, 2.05) is 17.0 Å². The number of hydrogen-bond donors (Lipinski definition) is 2. The molecule has 1 aliphatic carbocycles. The molecule has 0 spiro atoms. The van der Waals surface area contributed by atoms with Crippen molar-refractivity contribution in [3.8, 4) is 0 Å². The molecular weight excluding hydrogens is 250 g/mol. The molecule has 3 rings (SSSR count). The quantitative estimate of drug-likeness (QED) is 0.849. The largest absolute Gasteiger partial charge is 0.340 e. The highest BCUT2D eigenvalue weighted by Gasteiger charge is 2.38. The summed E-state index contributed by atoms with van der Waals surface area (Å²) in [5.41, 5.74) is 8.60. The van der Waals surface area contributed by atoms with E-state index >= 15 is 0 Å². The molecule has 1 aliphatic heterocycles. The van der Waals surface area contributed by atoms with Crippen LogP contribution in [-0.2, 0) is 17.6 Å². The summed E-state index contributed by atoms with van der Waals surface area (Å²) in [6.45, 7) is 3.45. The van der Waals surface area contributed by atoms with Gasteiger partial charge in [-0.05, 0) is 30.4 Å². The second kappa shape index (κ2) is 5.54. The number of rotatable bonds is 4. The molecule has 1 saturated heterocycles. The van der Waals surface area contributed by atoms with E-state index in [0.29, 0.717) is 6.42 Å². The molecule has 1 amide bonds. The molecule has 1 saturated carbocycles. The topological polar surface area (TPSA) is 58.4 Å². The van der Waals surface area contributed by atoms with Crippen LogP contribution in [0.3, 0.4) is 0 Å². The predicted octanol–water partition coefficient (Wildman–Crippen LogP) is 0.695. The summed E-state index contributed by atoms with van der Waals surface area (Å²) in [6.07, 6.45) is 3.62. The van der Waals surface area contributed by atoms with Gasteiger partial charge in [-0.1, -0.05) is 24.3 Å². The van der Waals surface area contributed by atoms with Crippen LogP contribution in [0.15, 0.2) is 24.3 Å². The molecule has 0 unspecified atom stereocenters. The van der Waals surface area contributed by atoms with Crippen LogP contribution in [0.25, 0.3) is 0 Å². The summed E-state index contributed by atoms with van der Waals surface area (Å²) < 4.78 is 0. The number of hydrogen-bond acceptors (Lipinski definition) is 3. The van der Waals surface area contributed by atoms with Crippen LogP contribution >= 0.6 is 0 Å². The fraction of sp³-hybridized carbons (Fsp3) is 0.562. The Bertz CT molecular complexity index is 490. The van der Waals surface area contributed by atoms with Gasteiger partial charge in [-0.3, -0.25) is 4.79 Å². The zero-order valence-electron chi connectivity index (χ0n) is 11.9. The molecule has 108 valence electrons. The number of nitrogens with two attached hydrogens (primary N) is 1. The summed E-state index contributed by atoms with van der Waals surface area (Å²) in [5.74, 6) is 0.237. The number of carbonyl (C=O) groups is 1. The van der Waals surface area contributed by atoms with Crippen LogP contribution in [-0.4, -0.2) is 42.5 Å². The third kappa shape index (κ3) is 3.19. The number of piperazine rings is 1. The molecule has 0 radical (unpaired) electrons. The van der Waals surface area contributed by atoms with Crippen molar-refractivity contribution in [2.75, 3.05) is 26.2 Å². The number of carbonyl (C=O) groups excluding carboxylic acids is 1. The molecule has 0 bridgehead atoms. The van der Waals surface area contributed by atoms with Crippen LogP contribution in [0.5, 0.6) is 0 Å². The Labute approximate surface area is 120 Å². The molecular formula is C16H23N3O. The van der Waals surface area contributed by atoms with Gasteiger partial charge in [0.1, 0.15) is 0 Å². The minimum Gasteiger partial charge on any atom is -0.340 e. The van der Waals surface area contributed by atoms with E-state index in [4.69, 9.17) is 5.73 Å². The molecule has 3 N–H and O–H groups in total. The highest BCUT2D eigenvalue weighted by molar-refractivity contribution is 5.79. The van der Waals surface area contributed by atoms with E-state index in [-0.39, 0.29) is 11.4 Å². The minimum atomic E-state index is -0.00576. The van der Waals surface area contributed by atoms with Crippen molar-refractivity contribution >= 4 is 5.91 Å². The number of nitrogens with one attached hydrogen (secondary N) is 1. The lowest BCUT2D eigenvalue weighted by Crippen LogP contribution is -2.47. The van der Waals surface area contributed by atoms with Gasteiger partial charge in [0.05, 0.1) is 6.42 Å². The molecule has 0 atom stereocenters. The summed E-state index contributed by atoms with van der Waals surface area (Å²) >= 11 is 0. The van der Waals surface area contributed by atoms with Gasteiger partial charge in [-0.15, -0.1) is 0 Å². The zero-order chi connectivity index (χ0) is 14.0. The Morgan fingerprint density at radius 1 is 1.20 bits per heavy atom. The first-order valence-corrected chi connectivity index (χ1v) is 7.50. The van der Waals surface area contributed by atoms with Crippen LogP contribution in [0.4, 0.5) is 0 Å². The first-order valence-electron chi connectivity index (χ1n) is 7.50. The first-order chi connectivity index (χ1) is 9.66. The van der Waals surface area contributed by atoms with Gasteiger partial charge in [-0.25, -0.2) is 0 Å². The average molecular weight is 273 g/mol. The molecule has 0 aromatic heterocycles. The molecule has 4 heteroatoms. The Kier molecular flexibility index (Phi) is 3.76. The van der Waals surface area contributed by atoms with Crippen molar-refractivity contribution in [3.63, 3.8) is 0 Å². The fourth-order valence-electron chi connectivity index (χ4n) is 2.81.